The van der Waals surface area contributed by atoms with Crippen molar-refractivity contribution >= 4 is 6.40 Å². The number of hydrogen-bond donors (Lipinski definition) is 0. The highest BCUT2D eigenvalue weighted by atomic mass is 16.5. The van der Waals surface area contributed by atoms with E-state index in [4.69, 9.17) is 4.74 Å². The van der Waals surface area contributed by atoms with Crippen LogP contribution in [0, 0.1) is 0 Å². The average Bonchev–Trinajstić information content (AvgIpc) is 2.14. The Morgan fingerprint density at radius 1 is 1.20 bits per heavy atom. The summed E-state index contributed by atoms with van der Waals surface area (Å²) < 4.78 is 4.78. The molecule has 0 spiro atoms. The van der Waals surface area contributed by atoms with Gasteiger partial charge in [-0.25, -0.2) is 0 Å². The molecule has 0 unspecified atom stereocenters. The normalized spacial score (nSPS) is 13.2. The molecular formula is C8H19NO. The largest absolute Gasteiger partial charge is 0.483 e. The van der Waals surface area contributed by atoms with E-state index >= 15 is 0 Å². The molecule has 0 saturated heterocycles. The summed E-state index contributed by atoms with van der Waals surface area (Å²) in [4.78, 5) is 3.83. The van der Waals surface area contributed by atoms with Crippen molar-refractivity contribution in [1.29, 1.82) is 0 Å². The summed E-state index contributed by atoms with van der Waals surface area (Å²) >= 11 is 0. The first-order valence-electron chi connectivity index (χ1n) is 4.10. The van der Waals surface area contributed by atoms with Gasteiger partial charge >= 0.3 is 0 Å². The number of hydrogen-bond acceptors (Lipinski definition) is 2. The van der Waals surface area contributed by atoms with E-state index < -0.39 is 0 Å². The maximum atomic E-state index is 4.78. The Balaban J connectivity index is 0. The van der Waals surface area contributed by atoms with Crippen LogP contribution in [0.1, 0.15) is 34.1 Å². The summed E-state index contributed by atoms with van der Waals surface area (Å²) in [5.41, 5.74) is 0. The van der Waals surface area contributed by atoms with Crippen LogP contribution in [-0.2, 0) is 4.74 Å². The van der Waals surface area contributed by atoms with Gasteiger partial charge in [0.1, 0.15) is 0 Å². The van der Waals surface area contributed by atoms with Crippen molar-refractivity contribution in [3.8, 4) is 0 Å². The Hall–Kier alpha value is -0.530. The molecule has 0 aromatic heterocycles. The molecular weight excluding hydrogens is 126 g/mol. The fourth-order valence-electron chi connectivity index (χ4n) is 0.397. The molecule has 0 aliphatic carbocycles. The molecule has 10 heavy (non-hydrogen) atoms. The van der Waals surface area contributed by atoms with Crippen LogP contribution in [0.3, 0.4) is 0 Å². The monoisotopic (exact) mass is 145 g/mol. The molecule has 2 nitrogen and oxygen atoms in total. The third-order valence-electron chi connectivity index (χ3n) is 0.698. The molecule has 1 rings (SSSR count). The highest BCUT2D eigenvalue weighted by Crippen LogP contribution is 1.86. The van der Waals surface area contributed by atoms with Crippen LogP contribution in [0.2, 0.25) is 0 Å². The van der Waals surface area contributed by atoms with E-state index in [1.165, 1.54) is 6.40 Å². The molecule has 0 aromatic carbocycles. The molecule has 1 heterocycles. The van der Waals surface area contributed by atoms with Crippen molar-refractivity contribution in [2.24, 2.45) is 4.99 Å². The first-order valence-corrected chi connectivity index (χ1v) is 4.10. The minimum Gasteiger partial charge on any atom is -0.483 e. The van der Waals surface area contributed by atoms with Gasteiger partial charge in [0.25, 0.3) is 0 Å². The third-order valence-corrected chi connectivity index (χ3v) is 0.698. The van der Waals surface area contributed by atoms with E-state index in [0.29, 0.717) is 0 Å². The van der Waals surface area contributed by atoms with Crippen molar-refractivity contribution in [2.45, 2.75) is 34.1 Å². The Morgan fingerprint density at radius 2 is 1.80 bits per heavy atom. The van der Waals surface area contributed by atoms with Gasteiger partial charge in [0.05, 0.1) is 6.61 Å². The zero-order valence-corrected chi connectivity index (χ0v) is 7.55. The zero-order valence-electron chi connectivity index (χ0n) is 7.55. The number of nitrogens with zero attached hydrogens (tertiary/aromatic N) is 1. The molecule has 0 bridgehead atoms. The first-order chi connectivity index (χ1) is 5.00. The zero-order chi connectivity index (χ0) is 8.24. The second kappa shape index (κ2) is 15.8. The van der Waals surface area contributed by atoms with E-state index in [2.05, 4.69) is 4.99 Å². The third kappa shape index (κ3) is 10.5. The summed E-state index contributed by atoms with van der Waals surface area (Å²) in [5.74, 6) is 0. The van der Waals surface area contributed by atoms with Crippen LogP contribution >= 0.6 is 0 Å². The van der Waals surface area contributed by atoms with Gasteiger partial charge in [0, 0.05) is 13.0 Å². The molecule has 0 radical (unpaired) electrons. The lowest BCUT2D eigenvalue weighted by molar-refractivity contribution is 0.298. The highest BCUT2D eigenvalue weighted by molar-refractivity contribution is 5.46. The molecule has 0 N–H and O–H groups in total. The summed E-state index contributed by atoms with van der Waals surface area (Å²) in [6, 6.07) is 0. The van der Waals surface area contributed by atoms with Gasteiger partial charge < -0.3 is 4.74 Å². The summed E-state index contributed by atoms with van der Waals surface area (Å²) in [5, 5.41) is 0. The molecule has 0 saturated carbocycles. The second-order valence-corrected chi connectivity index (χ2v) is 1.24. The lowest BCUT2D eigenvalue weighted by Gasteiger charge is -2.01. The SMILES string of the molecule is C1=NCCCO1.CC.CC. The number of rotatable bonds is 0. The average molecular weight is 145 g/mol. The second-order valence-electron chi connectivity index (χ2n) is 1.24. The highest BCUT2D eigenvalue weighted by Gasteiger charge is 1.87. The lowest BCUT2D eigenvalue weighted by atomic mass is 10.4. The smallest absolute Gasteiger partial charge is 0.169 e. The van der Waals surface area contributed by atoms with Crippen LogP contribution in [0.5, 0.6) is 0 Å². The van der Waals surface area contributed by atoms with Crippen molar-refractivity contribution in [3.05, 3.63) is 0 Å². The van der Waals surface area contributed by atoms with Gasteiger partial charge in [-0.2, -0.15) is 0 Å². The standard InChI is InChI=1S/C4H7NO.2C2H6/c1-2-5-4-6-3-1;2*1-2/h4H,1-3H2;2*1-2H3. The molecule has 0 amide bonds. The van der Waals surface area contributed by atoms with Crippen LogP contribution in [0.4, 0.5) is 0 Å². The van der Waals surface area contributed by atoms with E-state index in [-0.39, 0.29) is 0 Å². The van der Waals surface area contributed by atoms with Crippen molar-refractivity contribution in [2.75, 3.05) is 13.2 Å². The van der Waals surface area contributed by atoms with Gasteiger partial charge in [-0.15, -0.1) is 0 Å². The Kier molecular flexibility index (Phi) is 19.2. The predicted octanol–water partition coefficient (Wildman–Crippen LogP) is 2.49. The Labute approximate surface area is 64.3 Å². The van der Waals surface area contributed by atoms with Crippen molar-refractivity contribution in [3.63, 3.8) is 0 Å². The van der Waals surface area contributed by atoms with Gasteiger partial charge in [-0.05, 0) is 0 Å². The Bertz CT molecular complexity index is 54.3. The van der Waals surface area contributed by atoms with E-state index in [0.717, 1.165) is 19.6 Å². The van der Waals surface area contributed by atoms with Crippen LogP contribution in [0.25, 0.3) is 0 Å². The topological polar surface area (TPSA) is 21.6 Å². The molecule has 62 valence electrons. The molecule has 1 aliphatic rings. The molecule has 0 aromatic rings. The fraction of sp³-hybridized carbons (Fsp3) is 0.875. The summed E-state index contributed by atoms with van der Waals surface area (Å²) in [6.45, 7) is 9.80. The molecule has 2 heteroatoms. The van der Waals surface area contributed by atoms with Crippen LogP contribution in [-0.4, -0.2) is 19.6 Å². The number of ether oxygens (including phenoxy) is 1. The van der Waals surface area contributed by atoms with Gasteiger partial charge in [-0.3, -0.25) is 4.99 Å². The lowest BCUT2D eigenvalue weighted by Crippen LogP contribution is -2.00. The van der Waals surface area contributed by atoms with Gasteiger partial charge in [0.2, 0.25) is 0 Å². The van der Waals surface area contributed by atoms with Crippen LogP contribution in [0.15, 0.2) is 4.99 Å². The first kappa shape index (κ1) is 12.2. The molecule has 0 fully saturated rings. The quantitative estimate of drug-likeness (QED) is 0.513. The summed E-state index contributed by atoms with van der Waals surface area (Å²) in [7, 11) is 0. The van der Waals surface area contributed by atoms with Gasteiger partial charge in [0.15, 0.2) is 6.40 Å². The number of aliphatic imine (C=N–C) groups is 1. The van der Waals surface area contributed by atoms with Gasteiger partial charge in [-0.1, -0.05) is 27.7 Å². The van der Waals surface area contributed by atoms with Crippen molar-refractivity contribution in [1.82, 2.24) is 0 Å². The maximum absolute atomic E-state index is 4.78. The van der Waals surface area contributed by atoms with E-state index in [1.54, 1.807) is 0 Å². The molecule has 1 aliphatic heterocycles. The minimum atomic E-state index is 0.851. The molecule has 0 atom stereocenters. The minimum absolute atomic E-state index is 0.851. The Morgan fingerprint density at radius 3 is 1.90 bits per heavy atom. The van der Waals surface area contributed by atoms with Crippen molar-refractivity contribution < 1.29 is 4.74 Å². The van der Waals surface area contributed by atoms with E-state index in [1.807, 2.05) is 27.7 Å². The van der Waals surface area contributed by atoms with Crippen LogP contribution < -0.4 is 0 Å². The fourth-order valence-corrected chi connectivity index (χ4v) is 0.397. The van der Waals surface area contributed by atoms with E-state index in [9.17, 15) is 0 Å². The summed E-state index contributed by atoms with van der Waals surface area (Å²) in [6.07, 6.45) is 2.60. The maximum Gasteiger partial charge on any atom is 0.169 e. The predicted molar refractivity (Wildman–Crippen MR) is 46.6 cm³/mol.